The van der Waals surface area contributed by atoms with Crippen molar-refractivity contribution in [2.45, 2.75) is 183 Å². The maximum Gasteiger partial charge on any atom is 0.407 e. The zero-order valence-electron chi connectivity index (χ0n) is 59.0. The fourth-order valence-electron chi connectivity index (χ4n) is 13.0. The van der Waals surface area contributed by atoms with Crippen LogP contribution in [0.15, 0.2) is 170 Å². The number of unbranched alkanes of at least 4 members (excludes halogenated alkanes) is 2. The number of rotatable bonds is 31. The lowest BCUT2D eigenvalue weighted by atomic mass is 9.98. The molecule has 0 spiro atoms. The Morgan fingerprint density at radius 1 is 0.531 bits per heavy atom. The molecule has 96 heavy (non-hydrogen) atoms. The third-order valence-corrected chi connectivity index (χ3v) is 27.9. The molecule has 0 radical (unpaired) electrons. The zero-order chi connectivity index (χ0) is 68.3. The first kappa shape index (κ1) is 81.9. The number of amides is 3. The lowest BCUT2D eigenvalue weighted by molar-refractivity contribution is -0.137. The Morgan fingerprint density at radius 3 is 1.22 bits per heavy atom. The van der Waals surface area contributed by atoms with E-state index in [1.165, 1.54) is 33.6 Å². The van der Waals surface area contributed by atoms with Crippen molar-refractivity contribution in [3.63, 3.8) is 0 Å². The Hall–Kier alpha value is -6.57. The Morgan fingerprint density at radius 2 is 0.885 bits per heavy atom. The summed E-state index contributed by atoms with van der Waals surface area (Å²) in [7, 11) is -5.26. The van der Waals surface area contributed by atoms with Crippen molar-refractivity contribution in [1.29, 1.82) is 0 Å². The minimum Gasteiger partial charge on any atom is -0.449 e. The second kappa shape index (κ2) is 40.4. The summed E-state index contributed by atoms with van der Waals surface area (Å²) in [5.41, 5.74) is 10.7. The number of Topliss-reactive ketones (excluding diaryl/α,β-unsaturated/α-hetero) is 2. The van der Waals surface area contributed by atoms with Crippen LogP contribution in [0, 0.1) is 11.8 Å². The van der Waals surface area contributed by atoms with Crippen molar-refractivity contribution in [3.05, 3.63) is 181 Å². The molecule has 1 heterocycles. The van der Waals surface area contributed by atoms with E-state index in [0.717, 1.165) is 48.3 Å². The Kier molecular flexibility index (Phi) is 34.4. The van der Waals surface area contributed by atoms with Gasteiger partial charge in [0.25, 0.3) is 16.6 Å². The van der Waals surface area contributed by atoms with Gasteiger partial charge in [-0.2, -0.15) is 0 Å². The van der Waals surface area contributed by atoms with Crippen LogP contribution in [0.25, 0.3) is 11.1 Å². The molecule has 8 rings (SSSR count). The van der Waals surface area contributed by atoms with E-state index in [1.807, 2.05) is 76.2 Å². The molecule has 3 amide bonds. The average molecular weight is 1370 g/mol. The first-order chi connectivity index (χ1) is 45.0. The van der Waals surface area contributed by atoms with Gasteiger partial charge >= 0.3 is 6.09 Å². The van der Waals surface area contributed by atoms with Crippen LogP contribution in [0.1, 0.15) is 172 Å². The number of benzene rings is 6. The van der Waals surface area contributed by atoms with Crippen LogP contribution in [0.5, 0.6) is 0 Å². The molecule has 6 aromatic carbocycles. The fraction of sp³-hybridized carbons (Fsp3) is 0.487. The van der Waals surface area contributed by atoms with Crippen molar-refractivity contribution >= 4 is 79.3 Å². The summed E-state index contributed by atoms with van der Waals surface area (Å²) >= 11 is 0. The number of hydrogen-bond acceptors (Lipinski definition) is 10. The molecule has 0 unspecified atom stereocenters. The van der Waals surface area contributed by atoms with Gasteiger partial charge in [-0.1, -0.05) is 260 Å². The van der Waals surface area contributed by atoms with Crippen LogP contribution in [-0.2, 0) is 37.5 Å². The van der Waals surface area contributed by atoms with Gasteiger partial charge in [0.2, 0.25) is 11.8 Å². The number of nitrogens with two attached hydrogens (primary N) is 1. The number of halogens is 1. The van der Waals surface area contributed by atoms with Crippen molar-refractivity contribution < 1.29 is 42.3 Å². The Bertz CT molecular complexity index is 3140. The van der Waals surface area contributed by atoms with Gasteiger partial charge in [0, 0.05) is 58.3 Å². The molecule has 524 valence electrons. The van der Waals surface area contributed by atoms with Crippen molar-refractivity contribution in [2.24, 2.45) is 17.6 Å². The molecule has 13 nitrogen and oxygen atoms in total. The molecule has 1 aliphatic carbocycles. The van der Waals surface area contributed by atoms with Crippen molar-refractivity contribution in [3.8, 4) is 11.1 Å². The molecule has 1 saturated heterocycles. The molecular weight excluding hydrogens is 1250 g/mol. The molecule has 2 aliphatic rings. The quantitative estimate of drug-likeness (QED) is 0.0316. The molecule has 6 aromatic rings. The van der Waals surface area contributed by atoms with Crippen molar-refractivity contribution in [1.82, 2.24) is 15.1 Å². The lowest BCUT2D eigenvalue weighted by Gasteiger charge is -2.43. The predicted molar refractivity (Wildman–Crippen MR) is 402 cm³/mol. The summed E-state index contributed by atoms with van der Waals surface area (Å²) in [6.45, 7) is 29.7. The minimum absolute atomic E-state index is 0. The number of hydrogen-bond donors (Lipinski definition) is 2. The average Bonchev–Trinajstić information content (AvgIpc) is 1.06. The molecule has 16 heteroatoms. The molecule has 0 aromatic heterocycles. The van der Waals surface area contributed by atoms with Gasteiger partial charge < -0.3 is 39.2 Å². The van der Waals surface area contributed by atoms with E-state index in [4.69, 9.17) is 24.1 Å². The number of fused-ring (bicyclic) bond motifs is 3. The molecule has 1 fully saturated rings. The van der Waals surface area contributed by atoms with Crippen molar-refractivity contribution in [2.75, 3.05) is 59.2 Å². The summed E-state index contributed by atoms with van der Waals surface area (Å²) in [6.07, 6.45) is 6.64. The summed E-state index contributed by atoms with van der Waals surface area (Å²) in [5, 5.41) is 7.63. The lowest BCUT2D eigenvalue weighted by Crippen LogP contribution is -2.66. The summed E-state index contributed by atoms with van der Waals surface area (Å²) < 4.78 is 24.8. The summed E-state index contributed by atoms with van der Waals surface area (Å²) in [6, 6.07) is 57.3. The van der Waals surface area contributed by atoms with Gasteiger partial charge in [0.15, 0.2) is 11.6 Å². The standard InChI is InChI=1S/C45H56N2O5Si.C30H46N2O3Si.C4H8O.CH4.ClH/c1-7-34(48)31-47(28-18-19-29-52-53(45(4,5)6,35-20-10-8-11-21-35)36-22-12-9-13-23-36)43(49)42(30-33(2)3)46-44(50)51-32-41-39-26-16-14-24-37(39)38-25-15-17-27-40(38)41;1-7-25(33)23-32(29(34)28(31)22-24(2)3)20-14-15-21-35-36(30(4,5)6,26-16-10-8-11-17-26)27-18-12-9-13-19-27;1-2-4-5-3-1;;/h8-17,20-27,33,41-42H,7,18-19,28-32H2,1-6H3,(H,46,50);8-13,16-19,24,28H,7,14-15,20-23,31H2,1-6H3;1-4H2;1H4;1H/t42-;28-;;;/m00.../s1. The van der Waals surface area contributed by atoms with Crippen LogP contribution in [0.2, 0.25) is 10.1 Å². The van der Waals surface area contributed by atoms with E-state index in [0.29, 0.717) is 70.7 Å². The van der Waals surface area contributed by atoms with Crippen LogP contribution in [0.4, 0.5) is 4.79 Å². The van der Waals surface area contributed by atoms with E-state index >= 15 is 0 Å². The number of carbonyl (C=O) groups is 5. The van der Waals surface area contributed by atoms with E-state index in [1.54, 1.807) is 9.80 Å². The highest BCUT2D eigenvalue weighted by Crippen LogP contribution is 2.45. The summed E-state index contributed by atoms with van der Waals surface area (Å²) in [4.78, 5) is 68.7. The number of carbonyl (C=O) groups excluding carboxylic acids is 5. The number of alkyl carbamates (subject to hydrolysis) is 1. The molecular formula is C80H115ClN4O9Si2. The topological polar surface area (TPSA) is 167 Å². The minimum atomic E-state index is -2.69. The van der Waals surface area contributed by atoms with E-state index in [-0.39, 0.29) is 84.8 Å². The van der Waals surface area contributed by atoms with Crippen LogP contribution in [0.3, 0.4) is 0 Å². The molecule has 2 atom stereocenters. The molecule has 1 aliphatic heterocycles. The predicted octanol–water partition coefficient (Wildman–Crippen LogP) is 14.5. The number of ether oxygens (including phenoxy) is 2. The highest BCUT2D eigenvalue weighted by molar-refractivity contribution is 7.00. The second-order valence-electron chi connectivity index (χ2n) is 27.9. The largest absolute Gasteiger partial charge is 0.449 e. The normalized spacial score (nSPS) is 13.4. The first-order valence-corrected chi connectivity index (χ1v) is 38.4. The van der Waals surface area contributed by atoms with Crippen LogP contribution in [-0.4, -0.2) is 127 Å². The summed E-state index contributed by atoms with van der Waals surface area (Å²) in [5.74, 6) is 0.0152. The highest BCUT2D eigenvalue weighted by atomic mass is 35.5. The smallest absolute Gasteiger partial charge is 0.407 e. The highest BCUT2D eigenvalue weighted by Gasteiger charge is 2.51. The van der Waals surface area contributed by atoms with Gasteiger partial charge in [-0.3, -0.25) is 19.2 Å². The second-order valence-corrected chi connectivity index (χ2v) is 36.6. The molecule has 0 bridgehead atoms. The van der Waals surface area contributed by atoms with Crippen LogP contribution < -0.4 is 31.8 Å². The van der Waals surface area contributed by atoms with Gasteiger partial charge in [-0.05, 0) is 116 Å². The third-order valence-electron chi connectivity index (χ3n) is 17.8. The fourth-order valence-corrected chi connectivity index (χ4v) is 22.2. The van der Waals surface area contributed by atoms with E-state index in [9.17, 15) is 24.0 Å². The van der Waals surface area contributed by atoms with E-state index in [2.05, 4.69) is 182 Å². The number of nitrogens with zero attached hydrogens (tertiary/aromatic N) is 2. The third kappa shape index (κ3) is 22.8. The van der Waals surface area contributed by atoms with Gasteiger partial charge in [-0.25, -0.2) is 4.79 Å². The maximum atomic E-state index is 14.2. The number of ketones is 2. The SMILES string of the molecule is C.C1CCOC1.CCC(=O)CN(CCCCO[Si](c1ccccc1)(c1ccccc1)C(C)(C)C)C(=O)[C@@H](N)CC(C)C.CCC(=O)CN(CCCCO[Si](c1ccccc1)(c1ccccc1)C(C)(C)C)C(=O)[C@H](CC(C)C)NC(=O)OCC1c2ccccc2-c2ccccc21.Cl. The molecule has 3 N–H and O–H groups in total. The number of nitrogens with one attached hydrogen (secondary N) is 1. The Labute approximate surface area is 585 Å². The Balaban J connectivity index is 0.000000395. The van der Waals surface area contributed by atoms with Crippen LogP contribution >= 0.6 is 12.4 Å². The monoisotopic (exact) mass is 1370 g/mol. The molecule has 0 saturated carbocycles. The first-order valence-electron chi connectivity index (χ1n) is 34.5. The zero-order valence-corrected chi connectivity index (χ0v) is 61.9. The van der Waals surface area contributed by atoms with Gasteiger partial charge in [0.1, 0.15) is 12.6 Å². The van der Waals surface area contributed by atoms with E-state index < -0.39 is 34.8 Å². The maximum absolute atomic E-state index is 14.2. The van der Waals surface area contributed by atoms with Gasteiger partial charge in [0.05, 0.1) is 19.1 Å². The van der Waals surface area contributed by atoms with Gasteiger partial charge in [-0.15, -0.1) is 12.4 Å².